The minimum Gasteiger partial charge on any atom is -0.465 e. The first-order valence-electron chi connectivity index (χ1n) is 8.77. The smallest absolute Gasteiger partial charge is 0.402 e. The molecule has 1 aromatic heterocycles. The second-order valence-electron chi connectivity index (χ2n) is 6.44. The zero-order valence-electron chi connectivity index (χ0n) is 15.8. The van der Waals surface area contributed by atoms with Crippen LogP contribution in [0.25, 0.3) is 0 Å². The number of rotatable bonds is 5. The maximum Gasteiger partial charge on any atom is 0.402 e. The van der Waals surface area contributed by atoms with Gasteiger partial charge in [0.2, 0.25) is 11.9 Å². The summed E-state index contributed by atoms with van der Waals surface area (Å²) in [5.41, 5.74) is 1.96. The number of hydrogen-bond acceptors (Lipinski definition) is 5. The molecule has 0 N–H and O–H groups in total. The predicted octanol–water partition coefficient (Wildman–Crippen LogP) is 0.844. The first kappa shape index (κ1) is 18.1. The number of urea groups is 1. The Labute approximate surface area is 151 Å². The lowest BCUT2D eigenvalue weighted by Crippen LogP contribution is -2.58. The second kappa shape index (κ2) is 6.54. The van der Waals surface area contributed by atoms with Crippen molar-refractivity contribution in [1.82, 2.24) is 14.4 Å². The van der Waals surface area contributed by atoms with Gasteiger partial charge in [-0.3, -0.25) is 14.5 Å². The van der Waals surface area contributed by atoms with E-state index in [-0.39, 0.29) is 6.61 Å². The molecule has 9 heteroatoms. The van der Waals surface area contributed by atoms with Gasteiger partial charge in [0.15, 0.2) is 0 Å². The third-order valence-corrected chi connectivity index (χ3v) is 4.87. The first-order chi connectivity index (χ1) is 12.3. The van der Waals surface area contributed by atoms with E-state index in [4.69, 9.17) is 4.74 Å². The van der Waals surface area contributed by atoms with Crippen molar-refractivity contribution in [1.29, 1.82) is 0 Å². The number of carbonyl (C=O) groups excluding carboxylic acids is 3. The molecule has 0 aliphatic carbocycles. The van der Waals surface area contributed by atoms with E-state index in [2.05, 4.69) is 16.5 Å². The van der Waals surface area contributed by atoms with Crippen LogP contribution in [0.4, 0.5) is 10.7 Å². The summed E-state index contributed by atoms with van der Waals surface area (Å²) in [4.78, 5) is 44.3. The number of nitrogens with zero attached hydrogens (tertiary/aromatic N) is 5. The number of hydrogen-bond donors (Lipinski definition) is 0. The van der Waals surface area contributed by atoms with E-state index < -0.39 is 30.5 Å². The van der Waals surface area contributed by atoms with Crippen molar-refractivity contribution < 1.29 is 23.7 Å². The summed E-state index contributed by atoms with van der Waals surface area (Å²) in [7, 11) is 1.57. The van der Waals surface area contributed by atoms with E-state index in [1.165, 1.54) is 4.90 Å². The number of imide groups is 1. The van der Waals surface area contributed by atoms with E-state index in [1.807, 2.05) is 18.4 Å². The van der Waals surface area contributed by atoms with Crippen molar-refractivity contribution >= 4 is 29.7 Å². The average Bonchev–Trinajstić information content (AvgIpc) is 3.09. The SMILES string of the molecule is CCC[n+]1c(C)c(C)n2c1N=C1C2C(=O)N(CC(=O)OCC)C(=O)N1C. The van der Waals surface area contributed by atoms with Gasteiger partial charge in [-0.1, -0.05) is 11.9 Å². The highest BCUT2D eigenvalue weighted by molar-refractivity contribution is 6.21. The number of amides is 3. The van der Waals surface area contributed by atoms with Gasteiger partial charge < -0.3 is 4.74 Å². The maximum absolute atomic E-state index is 13.1. The number of esters is 1. The summed E-state index contributed by atoms with van der Waals surface area (Å²) in [5, 5.41) is 0. The molecule has 1 atom stereocenters. The Bertz CT molecular complexity index is 826. The van der Waals surface area contributed by atoms with Gasteiger partial charge in [0.05, 0.1) is 13.2 Å². The van der Waals surface area contributed by atoms with Gasteiger partial charge in [-0.25, -0.2) is 18.8 Å². The van der Waals surface area contributed by atoms with Gasteiger partial charge in [0.1, 0.15) is 17.9 Å². The molecule has 2 aliphatic heterocycles. The zero-order valence-corrected chi connectivity index (χ0v) is 15.8. The van der Waals surface area contributed by atoms with Crippen molar-refractivity contribution in [2.24, 2.45) is 4.99 Å². The fourth-order valence-corrected chi connectivity index (χ4v) is 3.47. The molecule has 0 aromatic carbocycles. The molecule has 9 nitrogen and oxygen atoms in total. The molecule has 3 rings (SSSR count). The van der Waals surface area contributed by atoms with Gasteiger partial charge in [0, 0.05) is 7.05 Å². The number of amidine groups is 1. The van der Waals surface area contributed by atoms with E-state index in [9.17, 15) is 14.4 Å². The lowest BCUT2D eigenvalue weighted by Gasteiger charge is -2.32. The van der Waals surface area contributed by atoms with Crippen LogP contribution in [0.1, 0.15) is 37.7 Å². The highest BCUT2D eigenvalue weighted by Gasteiger charge is 2.54. The molecule has 1 aromatic rings. The Morgan fingerprint density at radius 2 is 1.96 bits per heavy atom. The Hall–Kier alpha value is -2.71. The molecule has 0 spiro atoms. The van der Waals surface area contributed by atoms with E-state index in [0.717, 1.165) is 29.3 Å². The molecule has 0 bridgehead atoms. The quantitative estimate of drug-likeness (QED) is 0.574. The van der Waals surface area contributed by atoms with Crippen molar-refractivity contribution in [3.63, 3.8) is 0 Å². The molecule has 1 fully saturated rings. The van der Waals surface area contributed by atoms with Gasteiger partial charge in [0.25, 0.3) is 5.91 Å². The van der Waals surface area contributed by atoms with E-state index in [1.54, 1.807) is 14.0 Å². The summed E-state index contributed by atoms with van der Waals surface area (Å²) in [6.07, 6.45) is 0.926. The summed E-state index contributed by atoms with van der Waals surface area (Å²) in [6.45, 7) is 8.24. The molecule has 26 heavy (non-hydrogen) atoms. The molecule has 0 radical (unpaired) electrons. The molecule has 1 saturated heterocycles. The molecule has 3 amide bonds. The van der Waals surface area contributed by atoms with Gasteiger partial charge >= 0.3 is 17.9 Å². The predicted molar refractivity (Wildman–Crippen MR) is 92.0 cm³/mol. The maximum atomic E-state index is 13.1. The lowest BCUT2D eigenvalue weighted by molar-refractivity contribution is -0.689. The Kier molecular flexibility index (Phi) is 4.55. The minimum absolute atomic E-state index is 0.193. The zero-order chi connectivity index (χ0) is 19.2. The van der Waals surface area contributed by atoms with Crippen LogP contribution in [-0.4, -0.2) is 58.3 Å². The summed E-state index contributed by atoms with van der Waals surface area (Å²) < 4.78 is 8.80. The summed E-state index contributed by atoms with van der Waals surface area (Å²) >= 11 is 0. The third kappa shape index (κ3) is 2.49. The first-order valence-corrected chi connectivity index (χ1v) is 8.77. The van der Waals surface area contributed by atoms with Crippen LogP contribution in [0.5, 0.6) is 0 Å². The topological polar surface area (TPSA) is 88.1 Å². The Morgan fingerprint density at radius 3 is 2.58 bits per heavy atom. The molecule has 3 heterocycles. The molecular weight excluding hydrogens is 338 g/mol. The van der Waals surface area contributed by atoms with Crippen molar-refractivity contribution in [3.05, 3.63) is 11.4 Å². The standard InChI is InChI=1S/C17H24N5O4/c1-6-8-20-10(3)11(4)22-13-14(18-16(20)22)19(5)17(25)21(15(13)24)9-12(23)26-7-2/h13H,6-9H2,1-5H3/q+1. The van der Waals surface area contributed by atoms with Gasteiger partial charge in [-0.2, -0.15) is 0 Å². The number of aliphatic imine (C=N–C) groups is 1. The third-order valence-electron chi connectivity index (χ3n) is 4.87. The van der Waals surface area contributed by atoms with Crippen molar-refractivity contribution in [2.75, 3.05) is 20.2 Å². The minimum atomic E-state index is -0.737. The largest absolute Gasteiger partial charge is 0.465 e. The monoisotopic (exact) mass is 362 g/mol. The van der Waals surface area contributed by atoms with Gasteiger partial charge in [-0.05, 0) is 27.2 Å². The Balaban J connectivity index is 2.04. The van der Waals surface area contributed by atoms with Crippen LogP contribution in [-0.2, 0) is 20.9 Å². The average molecular weight is 362 g/mol. The summed E-state index contributed by atoms with van der Waals surface area (Å²) in [5.74, 6) is -0.0148. The summed E-state index contributed by atoms with van der Waals surface area (Å²) in [6, 6.07) is -1.31. The van der Waals surface area contributed by atoms with Crippen LogP contribution in [0, 0.1) is 13.8 Å². The van der Waals surface area contributed by atoms with Crippen LogP contribution < -0.4 is 4.57 Å². The van der Waals surface area contributed by atoms with Crippen LogP contribution in [0.15, 0.2) is 4.99 Å². The van der Waals surface area contributed by atoms with Crippen molar-refractivity contribution in [2.45, 2.75) is 46.7 Å². The van der Waals surface area contributed by atoms with Crippen LogP contribution in [0.2, 0.25) is 0 Å². The highest BCUT2D eigenvalue weighted by atomic mass is 16.5. The number of imidazole rings is 1. The van der Waals surface area contributed by atoms with Gasteiger partial charge in [-0.15, -0.1) is 0 Å². The molecule has 140 valence electrons. The highest BCUT2D eigenvalue weighted by Crippen LogP contribution is 2.35. The van der Waals surface area contributed by atoms with E-state index >= 15 is 0 Å². The molecule has 0 saturated carbocycles. The number of aromatic nitrogens is 2. The Morgan fingerprint density at radius 1 is 1.27 bits per heavy atom. The normalized spacial score (nSPS) is 18.8. The second-order valence-corrected chi connectivity index (χ2v) is 6.44. The lowest BCUT2D eigenvalue weighted by atomic mass is 10.1. The fourth-order valence-electron chi connectivity index (χ4n) is 3.47. The number of fused-ring (bicyclic) bond motifs is 3. The number of likely N-dealkylation sites (N-methyl/N-ethyl adjacent to an activating group) is 1. The number of ether oxygens (including phenoxy) is 1. The van der Waals surface area contributed by atoms with Crippen LogP contribution >= 0.6 is 0 Å². The number of carbonyl (C=O) groups is 3. The molecule has 2 aliphatic rings. The van der Waals surface area contributed by atoms with E-state index in [0.29, 0.717) is 11.8 Å². The molecule has 1 unspecified atom stereocenters. The van der Waals surface area contributed by atoms with Crippen LogP contribution in [0.3, 0.4) is 0 Å². The fraction of sp³-hybridized carbons (Fsp3) is 0.588. The molecular formula is C17H24N5O4+. The van der Waals surface area contributed by atoms with Crippen molar-refractivity contribution in [3.8, 4) is 0 Å².